The molecule has 4 N–H and O–H groups in total. The van der Waals surface area contributed by atoms with Crippen LogP contribution in [-0.4, -0.2) is 15.7 Å². The summed E-state index contributed by atoms with van der Waals surface area (Å²) in [6.07, 6.45) is 0.153. The van der Waals surface area contributed by atoms with Gasteiger partial charge in [-0.1, -0.05) is 0 Å². The minimum atomic E-state index is -0.388. The zero-order valence-electron chi connectivity index (χ0n) is 7.87. The molecule has 0 saturated heterocycles. The highest BCUT2D eigenvalue weighted by Crippen LogP contribution is 2.16. The maximum Gasteiger partial charge on any atom is 0.223 e. The molecule has 0 saturated carbocycles. The number of carbonyl (C=O) groups excluding carboxylic acids is 1. The van der Waals surface area contributed by atoms with Gasteiger partial charge in [-0.05, 0) is 13.8 Å². The van der Waals surface area contributed by atoms with Crippen molar-refractivity contribution < 1.29 is 4.79 Å². The molecule has 1 amide bonds. The molecule has 0 unspecified atom stereocenters. The second-order valence-corrected chi connectivity index (χ2v) is 2.90. The van der Waals surface area contributed by atoms with E-state index < -0.39 is 0 Å². The summed E-state index contributed by atoms with van der Waals surface area (Å²) in [5, 5.41) is 4.17. The van der Waals surface area contributed by atoms with Crippen molar-refractivity contribution in [3.05, 3.63) is 11.4 Å². The number of primary amides is 1. The predicted molar refractivity (Wildman–Crippen MR) is 49.9 cm³/mol. The summed E-state index contributed by atoms with van der Waals surface area (Å²) in [4.78, 5) is 10.7. The van der Waals surface area contributed by atoms with Gasteiger partial charge in [0.1, 0.15) is 0 Å². The van der Waals surface area contributed by atoms with Gasteiger partial charge >= 0.3 is 0 Å². The van der Waals surface area contributed by atoms with Crippen LogP contribution in [-0.2, 0) is 17.8 Å². The predicted octanol–water partition coefficient (Wildman–Crippen LogP) is -0.179. The Labute approximate surface area is 76.7 Å². The average Bonchev–Trinajstić information content (AvgIpc) is 2.31. The number of nitrogens with two attached hydrogens (primary N) is 2. The summed E-state index contributed by atoms with van der Waals surface area (Å²) in [5.41, 5.74) is 12.9. The van der Waals surface area contributed by atoms with Gasteiger partial charge in [0.15, 0.2) is 0 Å². The molecule has 72 valence electrons. The van der Waals surface area contributed by atoms with Crippen molar-refractivity contribution in [1.29, 1.82) is 0 Å². The lowest BCUT2D eigenvalue weighted by atomic mass is 10.2. The lowest BCUT2D eigenvalue weighted by molar-refractivity contribution is -0.117. The van der Waals surface area contributed by atoms with Crippen LogP contribution in [0.2, 0.25) is 0 Å². The summed E-state index contributed by atoms with van der Waals surface area (Å²) < 4.78 is 1.70. The maximum absolute atomic E-state index is 10.7. The van der Waals surface area contributed by atoms with Gasteiger partial charge in [-0.15, -0.1) is 0 Å². The van der Waals surface area contributed by atoms with E-state index in [2.05, 4.69) is 5.10 Å². The lowest BCUT2D eigenvalue weighted by Crippen LogP contribution is -2.17. The first-order valence-corrected chi connectivity index (χ1v) is 4.16. The van der Waals surface area contributed by atoms with Gasteiger partial charge in [-0.3, -0.25) is 9.48 Å². The van der Waals surface area contributed by atoms with E-state index in [4.69, 9.17) is 11.5 Å². The molecule has 1 aromatic heterocycles. The van der Waals surface area contributed by atoms with Crippen LogP contribution in [0.15, 0.2) is 0 Å². The minimum absolute atomic E-state index is 0.153. The third-order valence-corrected chi connectivity index (χ3v) is 1.92. The molecule has 0 fully saturated rings. The molecule has 0 aromatic carbocycles. The molecule has 1 heterocycles. The second kappa shape index (κ2) is 3.47. The highest BCUT2D eigenvalue weighted by Gasteiger charge is 2.12. The molecule has 5 nitrogen and oxygen atoms in total. The molecule has 0 spiro atoms. The molecule has 0 aliphatic heterocycles. The fourth-order valence-electron chi connectivity index (χ4n) is 1.26. The number of anilines is 1. The number of hydrogen-bond donors (Lipinski definition) is 2. The van der Waals surface area contributed by atoms with Crippen molar-refractivity contribution in [3.63, 3.8) is 0 Å². The highest BCUT2D eigenvalue weighted by atomic mass is 16.1. The van der Waals surface area contributed by atoms with Crippen LogP contribution in [0.25, 0.3) is 0 Å². The standard InChI is InChI=1S/C8H14N4O/c1-3-12-6(4-7(9)13)8(10)5(2)11-12/h3-4,10H2,1-2H3,(H2,9,13). The number of amides is 1. The van der Waals surface area contributed by atoms with Crippen LogP contribution in [0.4, 0.5) is 5.69 Å². The quantitative estimate of drug-likeness (QED) is 0.679. The van der Waals surface area contributed by atoms with Crippen LogP contribution < -0.4 is 11.5 Å². The van der Waals surface area contributed by atoms with Crippen LogP contribution >= 0.6 is 0 Å². The smallest absolute Gasteiger partial charge is 0.223 e. The molecule has 0 bridgehead atoms. The van der Waals surface area contributed by atoms with Crippen LogP contribution in [0, 0.1) is 6.92 Å². The Morgan fingerprint density at radius 1 is 1.62 bits per heavy atom. The van der Waals surface area contributed by atoms with E-state index in [1.165, 1.54) is 0 Å². The summed E-state index contributed by atoms with van der Waals surface area (Å²) >= 11 is 0. The number of nitrogen functional groups attached to an aromatic ring is 1. The second-order valence-electron chi connectivity index (χ2n) is 2.90. The topological polar surface area (TPSA) is 86.9 Å². The Morgan fingerprint density at radius 3 is 2.69 bits per heavy atom. The Bertz CT molecular complexity index is 329. The molecule has 5 heteroatoms. The molecule has 0 radical (unpaired) electrons. The fourth-order valence-corrected chi connectivity index (χ4v) is 1.26. The average molecular weight is 182 g/mol. The van der Waals surface area contributed by atoms with Crippen molar-refractivity contribution in [1.82, 2.24) is 9.78 Å². The molecule has 13 heavy (non-hydrogen) atoms. The number of carbonyl (C=O) groups is 1. The number of aryl methyl sites for hydroxylation is 2. The molecule has 0 atom stereocenters. The Hall–Kier alpha value is -1.52. The van der Waals surface area contributed by atoms with Gasteiger partial charge in [0, 0.05) is 6.54 Å². The number of rotatable bonds is 3. The monoisotopic (exact) mass is 182 g/mol. The van der Waals surface area contributed by atoms with Crippen molar-refractivity contribution in [2.24, 2.45) is 5.73 Å². The maximum atomic E-state index is 10.7. The Kier molecular flexibility index (Phi) is 2.55. The highest BCUT2D eigenvalue weighted by molar-refractivity contribution is 5.78. The van der Waals surface area contributed by atoms with E-state index >= 15 is 0 Å². The van der Waals surface area contributed by atoms with E-state index in [-0.39, 0.29) is 12.3 Å². The first kappa shape index (κ1) is 9.57. The normalized spacial score (nSPS) is 10.3. The van der Waals surface area contributed by atoms with E-state index in [1.807, 2.05) is 13.8 Å². The zero-order valence-corrected chi connectivity index (χ0v) is 7.87. The third-order valence-electron chi connectivity index (χ3n) is 1.92. The first-order chi connectivity index (χ1) is 6.06. The SMILES string of the molecule is CCn1nc(C)c(N)c1CC(N)=O. The summed E-state index contributed by atoms with van der Waals surface area (Å²) in [5.74, 6) is -0.388. The van der Waals surface area contributed by atoms with Crippen LogP contribution in [0.5, 0.6) is 0 Å². The Morgan fingerprint density at radius 2 is 2.23 bits per heavy atom. The molecule has 1 aromatic rings. The number of nitrogens with zero attached hydrogens (tertiary/aromatic N) is 2. The van der Waals surface area contributed by atoms with Gasteiger partial charge in [0.05, 0.1) is 23.5 Å². The summed E-state index contributed by atoms with van der Waals surface area (Å²) in [6.45, 7) is 4.45. The number of hydrogen-bond acceptors (Lipinski definition) is 3. The van der Waals surface area contributed by atoms with Gasteiger partial charge in [-0.25, -0.2) is 0 Å². The van der Waals surface area contributed by atoms with E-state index in [0.29, 0.717) is 17.9 Å². The largest absolute Gasteiger partial charge is 0.396 e. The molecule has 0 aliphatic carbocycles. The Balaban J connectivity index is 3.08. The van der Waals surface area contributed by atoms with Gasteiger partial charge in [0.2, 0.25) is 5.91 Å². The summed E-state index contributed by atoms with van der Waals surface area (Å²) in [6, 6.07) is 0. The molecule has 0 aliphatic rings. The lowest BCUT2D eigenvalue weighted by Gasteiger charge is -2.02. The van der Waals surface area contributed by atoms with E-state index in [9.17, 15) is 4.79 Å². The van der Waals surface area contributed by atoms with Crippen molar-refractivity contribution in [2.75, 3.05) is 5.73 Å². The van der Waals surface area contributed by atoms with Gasteiger partial charge < -0.3 is 11.5 Å². The fraction of sp³-hybridized carbons (Fsp3) is 0.500. The van der Waals surface area contributed by atoms with Crippen molar-refractivity contribution >= 4 is 11.6 Å². The molecule has 1 rings (SSSR count). The van der Waals surface area contributed by atoms with E-state index in [0.717, 1.165) is 5.69 Å². The molecular weight excluding hydrogens is 168 g/mol. The van der Waals surface area contributed by atoms with Crippen LogP contribution in [0.3, 0.4) is 0 Å². The van der Waals surface area contributed by atoms with Gasteiger partial charge in [0.25, 0.3) is 0 Å². The van der Waals surface area contributed by atoms with Crippen LogP contribution in [0.1, 0.15) is 18.3 Å². The number of aromatic nitrogens is 2. The van der Waals surface area contributed by atoms with Crippen molar-refractivity contribution in [3.8, 4) is 0 Å². The summed E-state index contributed by atoms with van der Waals surface area (Å²) in [7, 11) is 0. The molecular formula is C8H14N4O. The third kappa shape index (κ3) is 1.80. The first-order valence-electron chi connectivity index (χ1n) is 4.16. The van der Waals surface area contributed by atoms with Crippen molar-refractivity contribution in [2.45, 2.75) is 26.8 Å². The minimum Gasteiger partial charge on any atom is -0.396 e. The zero-order chi connectivity index (χ0) is 10.0. The van der Waals surface area contributed by atoms with E-state index in [1.54, 1.807) is 4.68 Å². The van der Waals surface area contributed by atoms with Gasteiger partial charge in [-0.2, -0.15) is 5.10 Å².